The highest BCUT2D eigenvalue weighted by atomic mass is 19.1. The van der Waals surface area contributed by atoms with Crippen molar-refractivity contribution >= 4 is 17.5 Å². The first-order valence-electron chi connectivity index (χ1n) is 9.02. The SMILES string of the molecule is CC(C)Oc1ccc(NC(=O)C2CC2C(=O)NCc2ccccc2F)cc1. The van der Waals surface area contributed by atoms with Crippen molar-refractivity contribution in [2.45, 2.75) is 32.9 Å². The van der Waals surface area contributed by atoms with Crippen LogP contribution in [0.1, 0.15) is 25.8 Å². The minimum absolute atomic E-state index is 0.0838. The maximum absolute atomic E-state index is 13.6. The second-order valence-electron chi connectivity index (χ2n) is 6.94. The lowest BCUT2D eigenvalue weighted by Crippen LogP contribution is -2.27. The number of carbonyl (C=O) groups excluding carboxylic acids is 2. The average Bonchev–Trinajstić information content (AvgIpc) is 3.43. The number of carbonyl (C=O) groups is 2. The van der Waals surface area contributed by atoms with Crippen LogP contribution in [0.25, 0.3) is 0 Å². The fraction of sp³-hybridized carbons (Fsp3) is 0.333. The van der Waals surface area contributed by atoms with E-state index in [-0.39, 0.29) is 42.1 Å². The summed E-state index contributed by atoms with van der Waals surface area (Å²) in [6.07, 6.45) is 0.587. The Balaban J connectivity index is 1.47. The van der Waals surface area contributed by atoms with E-state index in [1.165, 1.54) is 6.07 Å². The van der Waals surface area contributed by atoms with Gasteiger partial charge >= 0.3 is 0 Å². The number of ether oxygens (including phenoxy) is 1. The molecule has 142 valence electrons. The fourth-order valence-corrected chi connectivity index (χ4v) is 2.85. The first kappa shape index (κ1) is 18.9. The highest BCUT2D eigenvalue weighted by molar-refractivity contribution is 5.99. The smallest absolute Gasteiger partial charge is 0.228 e. The Morgan fingerprint density at radius 1 is 1.07 bits per heavy atom. The zero-order valence-corrected chi connectivity index (χ0v) is 15.4. The molecule has 1 saturated carbocycles. The van der Waals surface area contributed by atoms with Gasteiger partial charge in [0.1, 0.15) is 11.6 Å². The summed E-state index contributed by atoms with van der Waals surface area (Å²) in [4.78, 5) is 24.5. The molecule has 2 atom stereocenters. The monoisotopic (exact) mass is 370 g/mol. The molecule has 1 fully saturated rings. The molecular formula is C21H23FN2O3. The number of halogens is 1. The maximum atomic E-state index is 13.6. The number of anilines is 1. The maximum Gasteiger partial charge on any atom is 0.228 e. The van der Waals surface area contributed by atoms with Gasteiger partial charge in [-0.3, -0.25) is 9.59 Å². The van der Waals surface area contributed by atoms with Crippen molar-refractivity contribution < 1.29 is 18.7 Å². The molecule has 2 amide bonds. The van der Waals surface area contributed by atoms with Crippen LogP contribution in [0.5, 0.6) is 5.75 Å². The van der Waals surface area contributed by atoms with Crippen LogP contribution in [0, 0.1) is 17.7 Å². The van der Waals surface area contributed by atoms with E-state index >= 15 is 0 Å². The lowest BCUT2D eigenvalue weighted by atomic mass is 10.2. The van der Waals surface area contributed by atoms with Gasteiger partial charge in [-0.15, -0.1) is 0 Å². The molecule has 0 saturated heterocycles. The van der Waals surface area contributed by atoms with Crippen molar-refractivity contribution in [1.82, 2.24) is 5.32 Å². The van der Waals surface area contributed by atoms with Gasteiger partial charge in [-0.2, -0.15) is 0 Å². The predicted molar refractivity (Wildman–Crippen MR) is 101 cm³/mol. The summed E-state index contributed by atoms with van der Waals surface area (Å²) in [6, 6.07) is 13.4. The zero-order chi connectivity index (χ0) is 19.4. The van der Waals surface area contributed by atoms with E-state index in [1.54, 1.807) is 42.5 Å². The standard InChI is InChI=1S/C21H23FN2O3/c1-13(2)27-16-9-7-15(8-10-16)24-21(26)18-11-17(18)20(25)23-12-14-5-3-4-6-19(14)22/h3-10,13,17-18H,11-12H2,1-2H3,(H,23,25)(H,24,26). The summed E-state index contributed by atoms with van der Waals surface area (Å²) in [7, 11) is 0. The second-order valence-corrected chi connectivity index (χ2v) is 6.94. The largest absolute Gasteiger partial charge is 0.491 e. The molecule has 0 heterocycles. The Morgan fingerprint density at radius 2 is 1.74 bits per heavy atom. The van der Waals surface area contributed by atoms with Gasteiger partial charge in [-0.05, 0) is 50.6 Å². The summed E-state index contributed by atoms with van der Waals surface area (Å²) >= 11 is 0. The third-order valence-electron chi connectivity index (χ3n) is 4.37. The Bertz CT molecular complexity index is 820. The van der Waals surface area contributed by atoms with Crippen molar-refractivity contribution in [3.63, 3.8) is 0 Å². The molecule has 2 aromatic carbocycles. The van der Waals surface area contributed by atoms with Crippen LogP contribution in [0.4, 0.5) is 10.1 Å². The molecule has 2 N–H and O–H groups in total. The summed E-state index contributed by atoms with van der Waals surface area (Å²) in [5.74, 6) is -0.734. The van der Waals surface area contributed by atoms with E-state index < -0.39 is 0 Å². The van der Waals surface area contributed by atoms with Gasteiger partial charge in [0.05, 0.1) is 17.9 Å². The van der Waals surface area contributed by atoms with Crippen LogP contribution in [0.15, 0.2) is 48.5 Å². The molecule has 1 aliphatic carbocycles. The molecule has 2 unspecified atom stereocenters. The van der Waals surface area contributed by atoms with Crippen molar-refractivity contribution in [2.24, 2.45) is 11.8 Å². The molecular weight excluding hydrogens is 347 g/mol. The molecule has 1 aliphatic rings. The summed E-state index contributed by atoms with van der Waals surface area (Å²) in [5.41, 5.74) is 1.09. The van der Waals surface area contributed by atoms with Crippen LogP contribution < -0.4 is 15.4 Å². The lowest BCUT2D eigenvalue weighted by Gasteiger charge is -2.10. The third kappa shape index (κ3) is 5.06. The number of rotatable bonds is 7. The van der Waals surface area contributed by atoms with Crippen molar-refractivity contribution in [2.75, 3.05) is 5.32 Å². The topological polar surface area (TPSA) is 67.4 Å². The summed E-state index contributed by atoms with van der Waals surface area (Å²) < 4.78 is 19.1. The molecule has 27 heavy (non-hydrogen) atoms. The molecule has 0 aromatic heterocycles. The molecule has 0 bridgehead atoms. The van der Waals surface area contributed by atoms with Gasteiger partial charge in [0.15, 0.2) is 0 Å². The normalized spacial score (nSPS) is 18.1. The van der Waals surface area contributed by atoms with E-state index in [4.69, 9.17) is 4.74 Å². The van der Waals surface area contributed by atoms with Crippen LogP contribution in [-0.2, 0) is 16.1 Å². The van der Waals surface area contributed by atoms with Crippen LogP contribution >= 0.6 is 0 Å². The Morgan fingerprint density at radius 3 is 2.41 bits per heavy atom. The Hall–Kier alpha value is -2.89. The third-order valence-corrected chi connectivity index (χ3v) is 4.37. The van der Waals surface area contributed by atoms with Crippen molar-refractivity contribution in [3.05, 3.63) is 59.9 Å². The summed E-state index contributed by atoms with van der Waals surface area (Å²) in [5, 5.41) is 5.52. The Kier molecular flexibility index (Phi) is 5.74. The van der Waals surface area contributed by atoms with E-state index in [2.05, 4.69) is 10.6 Å². The van der Waals surface area contributed by atoms with Gasteiger partial charge in [0.2, 0.25) is 11.8 Å². The Labute approximate surface area is 157 Å². The van der Waals surface area contributed by atoms with E-state index in [0.717, 1.165) is 5.75 Å². The number of hydrogen-bond acceptors (Lipinski definition) is 3. The van der Waals surface area contributed by atoms with Gasteiger partial charge in [-0.1, -0.05) is 18.2 Å². The van der Waals surface area contributed by atoms with Gasteiger partial charge in [0, 0.05) is 17.8 Å². The minimum atomic E-state index is -0.361. The molecule has 3 rings (SSSR count). The first-order chi connectivity index (χ1) is 12.9. The molecule has 2 aromatic rings. The molecule has 0 radical (unpaired) electrons. The van der Waals surface area contributed by atoms with Crippen LogP contribution in [-0.4, -0.2) is 17.9 Å². The van der Waals surface area contributed by atoms with E-state index in [9.17, 15) is 14.0 Å². The van der Waals surface area contributed by atoms with Crippen molar-refractivity contribution in [1.29, 1.82) is 0 Å². The van der Waals surface area contributed by atoms with Crippen molar-refractivity contribution in [3.8, 4) is 5.75 Å². The number of amides is 2. The van der Waals surface area contributed by atoms with Gasteiger partial charge in [0.25, 0.3) is 0 Å². The second kappa shape index (κ2) is 8.20. The fourth-order valence-electron chi connectivity index (χ4n) is 2.85. The van der Waals surface area contributed by atoms with E-state index in [1.807, 2.05) is 13.8 Å². The van der Waals surface area contributed by atoms with Crippen LogP contribution in [0.2, 0.25) is 0 Å². The lowest BCUT2D eigenvalue weighted by molar-refractivity contribution is -0.125. The molecule has 6 heteroatoms. The minimum Gasteiger partial charge on any atom is -0.491 e. The van der Waals surface area contributed by atoms with Gasteiger partial charge in [-0.25, -0.2) is 4.39 Å². The average molecular weight is 370 g/mol. The molecule has 0 aliphatic heterocycles. The highest BCUT2D eigenvalue weighted by Gasteiger charge is 2.47. The number of benzene rings is 2. The van der Waals surface area contributed by atoms with Gasteiger partial charge < -0.3 is 15.4 Å². The molecule has 0 spiro atoms. The predicted octanol–water partition coefficient (Wildman–Crippen LogP) is 3.50. The first-order valence-corrected chi connectivity index (χ1v) is 9.02. The zero-order valence-electron chi connectivity index (χ0n) is 15.4. The quantitative estimate of drug-likeness (QED) is 0.784. The van der Waals surface area contributed by atoms with E-state index in [0.29, 0.717) is 17.7 Å². The number of hydrogen-bond donors (Lipinski definition) is 2. The van der Waals surface area contributed by atoms with Crippen LogP contribution in [0.3, 0.4) is 0 Å². The molecule has 5 nitrogen and oxygen atoms in total. The summed E-state index contributed by atoms with van der Waals surface area (Å²) in [6.45, 7) is 4.01. The number of nitrogens with one attached hydrogen (secondary N) is 2. The highest BCUT2D eigenvalue weighted by Crippen LogP contribution is 2.39.